The van der Waals surface area contributed by atoms with E-state index < -0.39 is 11.9 Å². The Hall–Kier alpha value is -1.06. The maximum Gasteiger partial charge on any atom is 0.239 e. The van der Waals surface area contributed by atoms with Crippen molar-refractivity contribution in [2.45, 2.75) is 32.7 Å². The molecule has 3 N–H and O–H groups in total. The van der Waals surface area contributed by atoms with Crippen molar-refractivity contribution in [2.24, 2.45) is 5.73 Å². The fourth-order valence-corrected chi connectivity index (χ4v) is 0.612. The molecule has 0 rings (SSSR count). The molecule has 0 aliphatic carbocycles. The van der Waals surface area contributed by atoms with Gasteiger partial charge < -0.3 is 11.1 Å². The second-order valence-corrected chi connectivity index (χ2v) is 2.44. The van der Waals surface area contributed by atoms with Crippen LogP contribution in [-0.2, 0) is 9.59 Å². The number of primary amides is 1. The van der Waals surface area contributed by atoms with E-state index in [0.29, 0.717) is 6.42 Å². The van der Waals surface area contributed by atoms with Gasteiger partial charge in [0.05, 0.1) is 0 Å². The van der Waals surface area contributed by atoms with E-state index in [1.54, 1.807) is 6.92 Å². The number of nitrogens with one attached hydrogen (secondary N) is 1. The van der Waals surface area contributed by atoms with Gasteiger partial charge in [0.25, 0.3) is 0 Å². The Bertz CT molecular complexity index is 157. The summed E-state index contributed by atoms with van der Waals surface area (Å²) in [4.78, 5) is 21.3. The van der Waals surface area contributed by atoms with E-state index in [1.807, 2.05) is 6.92 Å². The molecular weight excluding hydrogens is 144 g/mol. The highest BCUT2D eigenvalue weighted by atomic mass is 16.2. The zero-order chi connectivity index (χ0) is 8.85. The third-order valence-corrected chi connectivity index (χ3v) is 1.28. The number of carbonyl (C=O) groups is 2. The molecule has 0 aliphatic rings. The SMILES string of the molecule is CCCC(=O)N[C@H](C)C(N)=O. The highest BCUT2D eigenvalue weighted by molar-refractivity contribution is 5.86. The van der Waals surface area contributed by atoms with Crippen molar-refractivity contribution in [1.29, 1.82) is 0 Å². The number of rotatable bonds is 4. The average molecular weight is 158 g/mol. The van der Waals surface area contributed by atoms with Gasteiger partial charge in [-0.2, -0.15) is 0 Å². The van der Waals surface area contributed by atoms with Gasteiger partial charge in [-0.3, -0.25) is 9.59 Å². The van der Waals surface area contributed by atoms with Crippen molar-refractivity contribution in [3.8, 4) is 0 Å². The van der Waals surface area contributed by atoms with Gasteiger partial charge in [-0.15, -0.1) is 0 Å². The lowest BCUT2D eigenvalue weighted by Crippen LogP contribution is -2.42. The van der Waals surface area contributed by atoms with E-state index in [2.05, 4.69) is 5.32 Å². The molecule has 0 saturated heterocycles. The minimum Gasteiger partial charge on any atom is -0.368 e. The van der Waals surface area contributed by atoms with Crippen LogP contribution in [0, 0.1) is 0 Å². The molecule has 0 aromatic rings. The third-order valence-electron chi connectivity index (χ3n) is 1.28. The molecule has 0 aliphatic heterocycles. The minimum absolute atomic E-state index is 0.126. The van der Waals surface area contributed by atoms with Crippen LogP contribution in [0.25, 0.3) is 0 Å². The van der Waals surface area contributed by atoms with Crippen LogP contribution in [0.5, 0.6) is 0 Å². The maximum absolute atomic E-state index is 10.8. The Morgan fingerprint density at radius 1 is 1.55 bits per heavy atom. The molecule has 0 spiro atoms. The molecule has 0 bridgehead atoms. The van der Waals surface area contributed by atoms with Gasteiger partial charge in [0.15, 0.2) is 0 Å². The van der Waals surface area contributed by atoms with Gasteiger partial charge in [-0.1, -0.05) is 6.92 Å². The predicted molar refractivity (Wildman–Crippen MR) is 41.7 cm³/mol. The summed E-state index contributed by atoms with van der Waals surface area (Å²) in [6.07, 6.45) is 1.22. The summed E-state index contributed by atoms with van der Waals surface area (Å²) in [6.45, 7) is 3.46. The van der Waals surface area contributed by atoms with Gasteiger partial charge in [0.1, 0.15) is 6.04 Å². The zero-order valence-corrected chi connectivity index (χ0v) is 6.89. The van der Waals surface area contributed by atoms with Gasteiger partial charge in [0, 0.05) is 6.42 Å². The summed E-state index contributed by atoms with van der Waals surface area (Å²) in [5, 5.41) is 2.47. The summed E-state index contributed by atoms with van der Waals surface area (Å²) in [7, 11) is 0. The first-order valence-electron chi connectivity index (χ1n) is 3.66. The molecule has 0 fully saturated rings. The van der Waals surface area contributed by atoms with Crippen LogP contribution in [0.2, 0.25) is 0 Å². The summed E-state index contributed by atoms with van der Waals surface area (Å²) in [6, 6.07) is -0.561. The number of carbonyl (C=O) groups excluding carboxylic acids is 2. The van der Waals surface area contributed by atoms with Crippen molar-refractivity contribution in [3.05, 3.63) is 0 Å². The molecule has 64 valence electrons. The van der Waals surface area contributed by atoms with Crippen LogP contribution in [0.15, 0.2) is 0 Å². The van der Waals surface area contributed by atoms with Crippen LogP contribution in [0.1, 0.15) is 26.7 Å². The fraction of sp³-hybridized carbons (Fsp3) is 0.714. The van der Waals surface area contributed by atoms with E-state index in [0.717, 1.165) is 6.42 Å². The Kier molecular flexibility index (Phi) is 4.26. The molecule has 2 amide bonds. The Morgan fingerprint density at radius 3 is 2.45 bits per heavy atom. The molecule has 0 heterocycles. The summed E-state index contributed by atoms with van der Waals surface area (Å²) < 4.78 is 0. The number of amides is 2. The lowest BCUT2D eigenvalue weighted by molar-refractivity contribution is -0.127. The first kappa shape index (κ1) is 9.94. The Morgan fingerprint density at radius 2 is 2.09 bits per heavy atom. The summed E-state index contributed by atoms with van der Waals surface area (Å²) in [5.74, 6) is -0.631. The van der Waals surface area contributed by atoms with E-state index in [1.165, 1.54) is 0 Å². The summed E-state index contributed by atoms with van der Waals surface area (Å²) in [5.41, 5.74) is 4.93. The Labute approximate surface area is 66.1 Å². The van der Waals surface area contributed by atoms with Crippen LogP contribution >= 0.6 is 0 Å². The molecular formula is C7H14N2O2. The topological polar surface area (TPSA) is 72.2 Å². The van der Waals surface area contributed by atoms with E-state index >= 15 is 0 Å². The number of nitrogens with two attached hydrogens (primary N) is 1. The quantitative estimate of drug-likeness (QED) is 0.593. The van der Waals surface area contributed by atoms with E-state index in [-0.39, 0.29) is 5.91 Å². The molecule has 11 heavy (non-hydrogen) atoms. The largest absolute Gasteiger partial charge is 0.368 e. The average Bonchev–Trinajstić information content (AvgIpc) is 1.87. The van der Waals surface area contributed by atoms with Gasteiger partial charge in [-0.05, 0) is 13.3 Å². The van der Waals surface area contributed by atoms with E-state index in [9.17, 15) is 9.59 Å². The second-order valence-electron chi connectivity index (χ2n) is 2.44. The van der Waals surface area contributed by atoms with Crippen LogP contribution < -0.4 is 11.1 Å². The second kappa shape index (κ2) is 4.71. The molecule has 0 aromatic heterocycles. The van der Waals surface area contributed by atoms with Crippen molar-refractivity contribution in [2.75, 3.05) is 0 Å². The number of hydrogen-bond acceptors (Lipinski definition) is 2. The monoisotopic (exact) mass is 158 g/mol. The standard InChI is InChI=1S/C7H14N2O2/c1-3-4-6(10)9-5(2)7(8)11/h5H,3-4H2,1-2H3,(H2,8,11)(H,9,10)/t5-/m1/s1. The summed E-state index contributed by atoms with van der Waals surface area (Å²) >= 11 is 0. The van der Waals surface area contributed by atoms with Crippen LogP contribution in [0.3, 0.4) is 0 Å². The Balaban J connectivity index is 3.66. The molecule has 4 nitrogen and oxygen atoms in total. The number of hydrogen-bond donors (Lipinski definition) is 2. The van der Waals surface area contributed by atoms with E-state index in [4.69, 9.17) is 5.73 Å². The highest BCUT2D eigenvalue weighted by Gasteiger charge is 2.10. The van der Waals surface area contributed by atoms with Crippen molar-refractivity contribution >= 4 is 11.8 Å². The van der Waals surface area contributed by atoms with Crippen molar-refractivity contribution in [1.82, 2.24) is 5.32 Å². The maximum atomic E-state index is 10.8. The lowest BCUT2D eigenvalue weighted by atomic mass is 10.3. The first-order chi connectivity index (χ1) is 5.07. The zero-order valence-electron chi connectivity index (χ0n) is 6.89. The van der Waals surface area contributed by atoms with Crippen molar-refractivity contribution in [3.63, 3.8) is 0 Å². The van der Waals surface area contributed by atoms with Crippen LogP contribution in [0.4, 0.5) is 0 Å². The fourth-order valence-electron chi connectivity index (χ4n) is 0.612. The van der Waals surface area contributed by atoms with Gasteiger partial charge in [-0.25, -0.2) is 0 Å². The minimum atomic E-state index is -0.561. The molecule has 0 unspecified atom stereocenters. The molecule has 1 atom stereocenters. The molecule has 0 radical (unpaired) electrons. The predicted octanol–water partition coefficient (Wildman–Crippen LogP) is -0.223. The molecule has 0 aromatic carbocycles. The normalized spacial score (nSPS) is 12.2. The third kappa shape index (κ3) is 4.36. The van der Waals surface area contributed by atoms with Gasteiger partial charge >= 0.3 is 0 Å². The first-order valence-corrected chi connectivity index (χ1v) is 3.66. The highest BCUT2D eigenvalue weighted by Crippen LogP contribution is 1.87. The van der Waals surface area contributed by atoms with Crippen LogP contribution in [-0.4, -0.2) is 17.9 Å². The van der Waals surface area contributed by atoms with Gasteiger partial charge in [0.2, 0.25) is 11.8 Å². The molecule has 4 heteroatoms. The lowest BCUT2D eigenvalue weighted by Gasteiger charge is -2.08. The smallest absolute Gasteiger partial charge is 0.239 e. The molecule has 0 saturated carbocycles. The van der Waals surface area contributed by atoms with Crippen molar-refractivity contribution < 1.29 is 9.59 Å².